The average molecular weight is 528 g/mol. The van der Waals surface area contributed by atoms with Crippen molar-refractivity contribution in [2.75, 3.05) is 37.6 Å². The van der Waals surface area contributed by atoms with Crippen LogP contribution < -0.4 is 4.90 Å². The number of nitrogens with zero attached hydrogens (tertiary/aromatic N) is 5. The summed E-state index contributed by atoms with van der Waals surface area (Å²) in [6.07, 6.45) is 0.842. The van der Waals surface area contributed by atoms with E-state index in [9.17, 15) is 18.4 Å². The second-order valence-electron chi connectivity index (χ2n) is 11.5. The first-order valence-electron chi connectivity index (χ1n) is 13.3. The number of carbonyl (C=O) groups is 2. The topological polar surface area (TPSA) is 78.9 Å². The van der Waals surface area contributed by atoms with Gasteiger partial charge in [0, 0.05) is 56.3 Å². The first kappa shape index (κ1) is 26.3. The molecule has 3 aliphatic rings. The molecule has 38 heavy (non-hydrogen) atoms. The predicted octanol–water partition coefficient (Wildman–Crippen LogP) is 4.40. The first-order valence-corrected chi connectivity index (χ1v) is 13.3. The summed E-state index contributed by atoms with van der Waals surface area (Å²) in [6.45, 7) is 10.1. The Bertz CT molecular complexity index is 1220. The van der Waals surface area contributed by atoms with Crippen molar-refractivity contribution in [1.29, 1.82) is 0 Å². The number of carbonyl (C=O) groups excluding carboxylic acids is 2. The lowest BCUT2D eigenvalue weighted by Gasteiger charge is -2.39. The highest BCUT2D eigenvalue weighted by Gasteiger charge is 2.44. The van der Waals surface area contributed by atoms with E-state index in [-0.39, 0.29) is 43.0 Å². The van der Waals surface area contributed by atoms with Gasteiger partial charge in [0.2, 0.25) is 11.9 Å². The highest BCUT2D eigenvalue weighted by atomic mass is 19.3. The molecule has 1 aliphatic carbocycles. The van der Waals surface area contributed by atoms with Crippen molar-refractivity contribution >= 4 is 17.9 Å². The van der Waals surface area contributed by atoms with E-state index in [1.165, 1.54) is 0 Å². The van der Waals surface area contributed by atoms with Gasteiger partial charge in [-0.2, -0.15) is 8.78 Å². The molecule has 0 bridgehead atoms. The average Bonchev–Trinajstić information content (AvgIpc) is 3.16. The summed E-state index contributed by atoms with van der Waals surface area (Å²) in [5.41, 5.74) is 1.94. The second-order valence-corrected chi connectivity index (χ2v) is 11.5. The maximum atomic E-state index is 14.6. The summed E-state index contributed by atoms with van der Waals surface area (Å²) in [5.74, 6) is -2.60. The van der Waals surface area contributed by atoms with E-state index in [1.807, 2.05) is 56.9 Å². The molecule has 3 heterocycles. The number of hydrogen-bond acceptors (Lipinski definition) is 6. The van der Waals surface area contributed by atoms with Gasteiger partial charge < -0.3 is 19.4 Å². The quantitative estimate of drug-likeness (QED) is 0.587. The number of anilines is 1. The van der Waals surface area contributed by atoms with Crippen LogP contribution in [0.5, 0.6) is 0 Å². The van der Waals surface area contributed by atoms with Crippen LogP contribution >= 0.6 is 0 Å². The second kappa shape index (κ2) is 9.78. The van der Waals surface area contributed by atoms with Crippen LogP contribution in [0, 0.1) is 0 Å². The zero-order valence-electron chi connectivity index (χ0n) is 22.5. The number of halogens is 2. The van der Waals surface area contributed by atoms with E-state index in [0.717, 1.165) is 24.1 Å². The highest BCUT2D eigenvalue weighted by Crippen LogP contribution is 2.44. The summed E-state index contributed by atoms with van der Waals surface area (Å²) < 4.78 is 34.7. The molecule has 204 valence electrons. The van der Waals surface area contributed by atoms with Crippen molar-refractivity contribution < 1.29 is 23.1 Å². The molecule has 1 aromatic carbocycles. The van der Waals surface area contributed by atoms with Crippen molar-refractivity contribution in [2.24, 2.45) is 0 Å². The summed E-state index contributed by atoms with van der Waals surface area (Å²) in [5, 5.41) is 0. The molecule has 0 unspecified atom stereocenters. The van der Waals surface area contributed by atoms with Crippen LogP contribution in [0.15, 0.2) is 24.3 Å². The molecule has 0 N–H and O–H groups in total. The van der Waals surface area contributed by atoms with Crippen molar-refractivity contribution in [1.82, 2.24) is 19.8 Å². The molecule has 8 nitrogen and oxygen atoms in total. The van der Waals surface area contributed by atoms with E-state index >= 15 is 0 Å². The molecule has 5 rings (SSSR count). The summed E-state index contributed by atoms with van der Waals surface area (Å²) in [7, 11) is 0. The number of benzene rings is 1. The maximum Gasteiger partial charge on any atom is 0.410 e. The number of fused-ring (bicyclic) bond motifs is 1. The molecular formula is C28H35F2N5O3. The minimum absolute atomic E-state index is 0.0155. The fourth-order valence-electron chi connectivity index (χ4n) is 5.12. The molecule has 2 fully saturated rings. The fraction of sp³-hybridized carbons (Fsp3) is 0.571. The summed E-state index contributed by atoms with van der Waals surface area (Å²) in [4.78, 5) is 39.6. The Hall–Kier alpha value is -3.30. The van der Waals surface area contributed by atoms with Crippen LogP contribution in [0.4, 0.5) is 19.5 Å². The third kappa shape index (κ3) is 5.31. The largest absolute Gasteiger partial charge is 0.444 e. The van der Waals surface area contributed by atoms with Crippen LogP contribution in [-0.2, 0) is 28.3 Å². The van der Waals surface area contributed by atoms with Crippen molar-refractivity contribution in [3.63, 3.8) is 0 Å². The Morgan fingerprint density at radius 2 is 1.68 bits per heavy atom. The molecule has 2 saturated heterocycles. The molecule has 2 aliphatic heterocycles. The number of rotatable bonds is 4. The number of amides is 2. The zero-order chi connectivity index (χ0) is 27.2. The van der Waals surface area contributed by atoms with Crippen LogP contribution in [0.1, 0.15) is 57.4 Å². The number of aromatic nitrogens is 2. The van der Waals surface area contributed by atoms with E-state index in [1.54, 1.807) is 9.80 Å². The van der Waals surface area contributed by atoms with Crippen molar-refractivity contribution in [3.05, 3.63) is 41.1 Å². The number of ether oxygens (including phenoxy) is 1. The van der Waals surface area contributed by atoms with Gasteiger partial charge >= 0.3 is 6.09 Å². The zero-order valence-corrected chi connectivity index (χ0v) is 22.5. The highest BCUT2D eigenvalue weighted by molar-refractivity contribution is 5.79. The van der Waals surface area contributed by atoms with Gasteiger partial charge in [0.25, 0.3) is 5.92 Å². The molecule has 0 spiro atoms. The lowest BCUT2D eigenvalue weighted by atomic mass is 10.0. The Kier molecular flexibility index (Phi) is 6.77. The van der Waals surface area contributed by atoms with E-state index in [0.29, 0.717) is 43.4 Å². The number of piperazine rings is 1. The molecule has 2 amide bonds. The van der Waals surface area contributed by atoms with Crippen LogP contribution in [0.3, 0.4) is 0 Å². The minimum Gasteiger partial charge on any atom is -0.444 e. The third-order valence-electron chi connectivity index (χ3n) is 7.47. The molecular weight excluding hydrogens is 492 g/mol. The van der Waals surface area contributed by atoms with E-state index in [2.05, 4.69) is 4.98 Å². The lowest BCUT2D eigenvalue weighted by Crippen LogP contribution is -2.51. The molecule has 1 atom stereocenters. The van der Waals surface area contributed by atoms with Gasteiger partial charge in [-0.15, -0.1) is 0 Å². The van der Waals surface area contributed by atoms with Gasteiger partial charge in [-0.3, -0.25) is 4.79 Å². The summed E-state index contributed by atoms with van der Waals surface area (Å²) >= 11 is 0. The Balaban J connectivity index is 1.26. The van der Waals surface area contributed by atoms with Gasteiger partial charge in [-0.1, -0.05) is 24.3 Å². The minimum atomic E-state index is -2.95. The smallest absolute Gasteiger partial charge is 0.410 e. The van der Waals surface area contributed by atoms with Crippen LogP contribution in [0.25, 0.3) is 11.3 Å². The van der Waals surface area contributed by atoms with E-state index < -0.39 is 11.5 Å². The first-order chi connectivity index (χ1) is 17.9. The van der Waals surface area contributed by atoms with Crippen LogP contribution in [0.2, 0.25) is 0 Å². The lowest BCUT2D eigenvalue weighted by molar-refractivity contribution is -0.132. The van der Waals surface area contributed by atoms with E-state index in [4.69, 9.17) is 9.72 Å². The third-order valence-corrected chi connectivity index (χ3v) is 7.47. The van der Waals surface area contributed by atoms with Gasteiger partial charge in [-0.25, -0.2) is 14.8 Å². The molecule has 2 aromatic rings. The van der Waals surface area contributed by atoms with Crippen LogP contribution in [-0.4, -0.2) is 76.1 Å². The predicted molar refractivity (Wildman–Crippen MR) is 139 cm³/mol. The normalized spacial score (nSPS) is 20.7. The van der Waals surface area contributed by atoms with Crippen molar-refractivity contribution in [2.45, 2.75) is 70.9 Å². The Morgan fingerprint density at radius 3 is 2.26 bits per heavy atom. The molecule has 0 radical (unpaired) electrons. The standard InChI is InChI=1S/C28H35F2N5O3/c1-18-10-12-35(18)25-31-23(21-9-11-28(29,30)24(21)32-25)20-7-5-19(6-8-20)17-22(36)33-13-15-34(16-14-33)26(37)38-27(2,3)4/h5-8,18H,9-17H2,1-4H3/t18-/m0/s1. The van der Waals surface area contributed by atoms with Gasteiger partial charge in [-0.05, 0) is 46.1 Å². The number of hydrogen-bond donors (Lipinski definition) is 0. The maximum absolute atomic E-state index is 14.6. The van der Waals surface area contributed by atoms with Gasteiger partial charge in [0.05, 0.1) is 12.1 Å². The van der Waals surface area contributed by atoms with Gasteiger partial charge in [0.15, 0.2) is 0 Å². The SMILES string of the molecule is C[C@H]1CCN1c1nc(-c2ccc(CC(=O)N3CCN(C(=O)OC(C)(C)C)CC3)cc2)c2c(n1)C(F)(F)CC2. The molecule has 10 heteroatoms. The molecule has 1 aromatic heterocycles. The number of alkyl halides is 2. The molecule has 0 saturated carbocycles. The Labute approximate surface area is 222 Å². The summed E-state index contributed by atoms with van der Waals surface area (Å²) in [6, 6.07) is 7.65. The Morgan fingerprint density at radius 1 is 1.03 bits per heavy atom. The van der Waals surface area contributed by atoms with Crippen molar-refractivity contribution in [3.8, 4) is 11.3 Å². The fourth-order valence-corrected chi connectivity index (χ4v) is 5.12. The monoisotopic (exact) mass is 527 g/mol. The van der Waals surface area contributed by atoms with Gasteiger partial charge in [0.1, 0.15) is 11.3 Å².